The lowest BCUT2D eigenvalue weighted by molar-refractivity contribution is -0.0166. The van der Waals surface area contributed by atoms with Gasteiger partial charge in [0.05, 0.1) is 12.1 Å². The monoisotopic (exact) mass is 433 g/mol. The summed E-state index contributed by atoms with van der Waals surface area (Å²) in [7, 11) is 3.74. The minimum atomic E-state index is -0.627. The van der Waals surface area contributed by atoms with Crippen molar-refractivity contribution in [3.8, 4) is 0 Å². The number of hydrogen-bond acceptors (Lipinski definition) is 5. The second kappa shape index (κ2) is 8.94. The van der Waals surface area contributed by atoms with Gasteiger partial charge in [0.25, 0.3) is 0 Å². The summed E-state index contributed by atoms with van der Waals surface area (Å²) in [5, 5.41) is 12.5. The van der Waals surface area contributed by atoms with Crippen LogP contribution in [-0.4, -0.2) is 44.4 Å². The summed E-state index contributed by atoms with van der Waals surface area (Å²) in [4.78, 5) is 14.9. The number of halogens is 1. The van der Waals surface area contributed by atoms with Crippen molar-refractivity contribution in [3.63, 3.8) is 0 Å². The van der Waals surface area contributed by atoms with E-state index >= 15 is 0 Å². The minimum Gasteiger partial charge on any atom is -0.444 e. The van der Waals surface area contributed by atoms with Gasteiger partial charge in [-0.15, -0.1) is 10.2 Å². The Balaban J connectivity index is 2.00. The van der Waals surface area contributed by atoms with Crippen molar-refractivity contribution in [3.05, 3.63) is 47.0 Å². The first-order chi connectivity index (χ1) is 14.1. The predicted octanol–water partition coefficient (Wildman–Crippen LogP) is 4.26. The molecule has 30 heavy (non-hydrogen) atoms. The number of nitrogens with one attached hydrogen (secondary N) is 1. The van der Waals surface area contributed by atoms with Crippen molar-refractivity contribution in [2.45, 2.75) is 70.2 Å². The Morgan fingerprint density at radius 1 is 1.37 bits per heavy atom. The van der Waals surface area contributed by atoms with E-state index in [1.807, 2.05) is 63.7 Å². The number of ether oxygens (including phenoxy) is 1. The van der Waals surface area contributed by atoms with Crippen LogP contribution in [0.5, 0.6) is 0 Å². The molecule has 2 atom stereocenters. The normalized spacial score (nSPS) is 22.0. The molecule has 0 unspecified atom stereocenters. The lowest BCUT2D eigenvalue weighted by atomic mass is 9.71. The van der Waals surface area contributed by atoms with E-state index in [2.05, 4.69) is 15.5 Å². The molecule has 1 saturated carbocycles. The Labute approximate surface area is 183 Å². The summed E-state index contributed by atoms with van der Waals surface area (Å²) in [6, 6.07) is 7.78. The fourth-order valence-electron chi connectivity index (χ4n) is 4.32. The largest absolute Gasteiger partial charge is 0.444 e. The van der Waals surface area contributed by atoms with Crippen molar-refractivity contribution in [1.29, 1.82) is 0 Å². The van der Waals surface area contributed by atoms with Crippen LogP contribution in [0.4, 0.5) is 4.79 Å². The molecule has 0 spiro atoms. The fraction of sp³-hybridized carbons (Fsp3) is 0.591. The fourth-order valence-corrected chi connectivity index (χ4v) is 4.62. The highest BCUT2D eigenvalue weighted by Gasteiger charge is 2.49. The van der Waals surface area contributed by atoms with Gasteiger partial charge in [0, 0.05) is 25.2 Å². The van der Waals surface area contributed by atoms with E-state index in [0.717, 1.165) is 37.1 Å². The smallest absolute Gasteiger partial charge is 0.410 e. The molecule has 3 rings (SSSR count). The molecule has 1 fully saturated rings. The van der Waals surface area contributed by atoms with E-state index in [1.165, 1.54) is 0 Å². The molecule has 1 heterocycles. The van der Waals surface area contributed by atoms with E-state index in [-0.39, 0.29) is 12.1 Å². The van der Waals surface area contributed by atoms with Gasteiger partial charge in [0.1, 0.15) is 17.8 Å². The number of carbonyl (C=O) groups is 1. The highest BCUT2D eigenvalue weighted by atomic mass is 35.5. The van der Waals surface area contributed by atoms with Crippen LogP contribution in [0.1, 0.15) is 57.8 Å². The number of amides is 1. The quantitative estimate of drug-likeness (QED) is 0.762. The summed E-state index contributed by atoms with van der Waals surface area (Å²) in [5.74, 6) is 0.841. The van der Waals surface area contributed by atoms with Gasteiger partial charge >= 0.3 is 6.09 Å². The van der Waals surface area contributed by atoms with Gasteiger partial charge in [-0.1, -0.05) is 42.6 Å². The van der Waals surface area contributed by atoms with Gasteiger partial charge in [0.2, 0.25) is 0 Å². The van der Waals surface area contributed by atoms with Crippen LogP contribution >= 0.6 is 11.6 Å². The summed E-state index contributed by atoms with van der Waals surface area (Å²) in [6.07, 6.45) is 5.12. The molecule has 1 aromatic heterocycles. The molecule has 1 aliphatic carbocycles. The maximum Gasteiger partial charge on any atom is 0.410 e. The number of nitrogens with zero attached hydrogens (tertiary/aromatic N) is 4. The minimum absolute atomic E-state index is 0.0135. The van der Waals surface area contributed by atoms with E-state index < -0.39 is 11.1 Å². The zero-order valence-electron chi connectivity index (χ0n) is 18.5. The highest BCUT2D eigenvalue weighted by Crippen LogP contribution is 2.45. The van der Waals surface area contributed by atoms with E-state index in [4.69, 9.17) is 16.3 Å². The summed E-state index contributed by atoms with van der Waals surface area (Å²) in [6.45, 7) is 6.19. The number of carbonyl (C=O) groups excluding carboxylic acids is 1. The number of rotatable bonds is 5. The maximum absolute atomic E-state index is 13.2. The van der Waals surface area contributed by atoms with Gasteiger partial charge in [-0.05, 0) is 45.2 Å². The van der Waals surface area contributed by atoms with Crippen molar-refractivity contribution in [1.82, 2.24) is 25.0 Å². The standard InChI is InChI=1S/C22H32ClN5O2/c1-21(2,3)30-20(29)28(5)22(16-10-6-7-11-17(16)23)13-9-8-12-18(22)24-14-19-26-25-15-27(19)4/h6-7,10-11,15,18,24H,8-9,12-14H2,1-5H3/t18-,22-/m1/s1. The third-order valence-corrected chi connectivity index (χ3v) is 6.12. The first kappa shape index (κ1) is 22.6. The number of aromatic nitrogens is 3. The summed E-state index contributed by atoms with van der Waals surface area (Å²) < 4.78 is 7.64. The summed E-state index contributed by atoms with van der Waals surface area (Å²) in [5.41, 5.74) is -0.268. The van der Waals surface area contributed by atoms with Gasteiger partial charge in [-0.2, -0.15) is 0 Å². The molecule has 0 aliphatic heterocycles. The zero-order valence-corrected chi connectivity index (χ0v) is 19.2. The second-order valence-electron chi connectivity index (χ2n) is 8.98. The van der Waals surface area contributed by atoms with Crippen molar-refractivity contribution >= 4 is 17.7 Å². The molecular weight excluding hydrogens is 402 g/mol. The van der Waals surface area contributed by atoms with Crippen LogP contribution in [0.3, 0.4) is 0 Å². The molecule has 0 saturated heterocycles. The van der Waals surface area contributed by atoms with Crippen LogP contribution in [0, 0.1) is 0 Å². The lowest BCUT2D eigenvalue weighted by Gasteiger charge is -2.50. The predicted molar refractivity (Wildman–Crippen MR) is 117 cm³/mol. The molecule has 7 nitrogen and oxygen atoms in total. The molecule has 1 amide bonds. The van der Waals surface area contributed by atoms with Gasteiger partial charge in [-0.3, -0.25) is 4.90 Å². The Morgan fingerprint density at radius 3 is 2.73 bits per heavy atom. The van der Waals surface area contributed by atoms with Crippen LogP contribution in [0.15, 0.2) is 30.6 Å². The molecule has 2 aromatic rings. The van der Waals surface area contributed by atoms with Crippen LogP contribution in [0.25, 0.3) is 0 Å². The van der Waals surface area contributed by atoms with Crippen molar-refractivity contribution < 1.29 is 9.53 Å². The first-order valence-corrected chi connectivity index (χ1v) is 10.8. The Hall–Kier alpha value is -2.12. The Bertz CT molecular complexity index is 878. The van der Waals surface area contributed by atoms with Crippen LogP contribution in [-0.2, 0) is 23.9 Å². The molecule has 164 valence electrons. The Morgan fingerprint density at radius 2 is 2.10 bits per heavy atom. The molecule has 1 aromatic carbocycles. The third kappa shape index (κ3) is 4.62. The summed E-state index contributed by atoms with van der Waals surface area (Å²) >= 11 is 6.69. The average molecular weight is 434 g/mol. The molecular formula is C22H32ClN5O2. The molecule has 1 aliphatic rings. The van der Waals surface area contributed by atoms with Gasteiger partial charge < -0.3 is 14.6 Å². The van der Waals surface area contributed by atoms with E-state index in [1.54, 1.807) is 11.2 Å². The molecule has 0 bridgehead atoms. The van der Waals surface area contributed by atoms with E-state index in [9.17, 15) is 4.79 Å². The van der Waals surface area contributed by atoms with Crippen LogP contribution in [0.2, 0.25) is 5.02 Å². The number of likely N-dealkylation sites (N-methyl/N-ethyl adjacent to an activating group) is 1. The zero-order chi connectivity index (χ0) is 21.9. The highest BCUT2D eigenvalue weighted by molar-refractivity contribution is 6.31. The number of aryl methyl sites for hydroxylation is 1. The molecule has 0 radical (unpaired) electrons. The second-order valence-corrected chi connectivity index (χ2v) is 9.39. The maximum atomic E-state index is 13.2. The first-order valence-electron chi connectivity index (χ1n) is 10.4. The van der Waals surface area contributed by atoms with Gasteiger partial charge in [-0.25, -0.2) is 4.79 Å². The van der Waals surface area contributed by atoms with Gasteiger partial charge in [0.15, 0.2) is 0 Å². The number of benzene rings is 1. The molecule has 1 N–H and O–H groups in total. The van der Waals surface area contributed by atoms with Crippen molar-refractivity contribution in [2.24, 2.45) is 7.05 Å². The van der Waals surface area contributed by atoms with Crippen molar-refractivity contribution in [2.75, 3.05) is 7.05 Å². The van der Waals surface area contributed by atoms with E-state index in [0.29, 0.717) is 11.6 Å². The Kier molecular flexibility index (Phi) is 6.72. The topological polar surface area (TPSA) is 72.3 Å². The molecule has 8 heteroatoms. The SMILES string of the molecule is CN(C(=O)OC(C)(C)C)[C@@]1(c2ccccc2Cl)CCCC[C@H]1NCc1nncn1C. The number of hydrogen-bond donors (Lipinski definition) is 1. The van der Waals surface area contributed by atoms with Crippen LogP contribution < -0.4 is 5.32 Å². The lowest BCUT2D eigenvalue weighted by Crippen LogP contribution is -2.61. The average Bonchev–Trinajstić information content (AvgIpc) is 3.10. The third-order valence-electron chi connectivity index (χ3n) is 5.80.